The van der Waals surface area contributed by atoms with Crippen molar-refractivity contribution in [1.29, 1.82) is 0 Å². The summed E-state index contributed by atoms with van der Waals surface area (Å²) in [5.41, 5.74) is 2.22. The zero-order valence-electron chi connectivity index (χ0n) is 16.8. The van der Waals surface area contributed by atoms with Crippen LogP contribution in [0.3, 0.4) is 0 Å². The van der Waals surface area contributed by atoms with Gasteiger partial charge in [-0.3, -0.25) is 14.9 Å². The van der Waals surface area contributed by atoms with Gasteiger partial charge in [0.05, 0.1) is 12.0 Å². The molecule has 3 aromatic carbocycles. The molecule has 0 atom stereocenters. The second kappa shape index (κ2) is 9.56. The lowest BCUT2D eigenvalue weighted by atomic mass is 10.0. The molecule has 0 saturated carbocycles. The molecule has 0 aromatic heterocycles. The van der Waals surface area contributed by atoms with E-state index >= 15 is 0 Å². The Morgan fingerprint density at radius 3 is 2.37 bits per heavy atom. The Hall–Kier alpha value is -3.87. The number of hydrogen-bond donors (Lipinski definition) is 0. The molecular weight excluding hydrogens is 384 g/mol. The minimum Gasteiger partial charge on any atom is -0.497 e. The molecule has 3 aromatic rings. The Bertz CT molecular complexity index is 1020. The second-order valence-corrected chi connectivity index (χ2v) is 6.69. The molecule has 0 radical (unpaired) electrons. The largest absolute Gasteiger partial charge is 0.497 e. The summed E-state index contributed by atoms with van der Waals surface area (Å²) >= 11 is 0. The van der Waals surface area contributed by atoms with E-state index in [4.69, 9.17) is 9.47 Å². The van der Waals surface area contributed by atoms with Crippen LogP contribution in [0.15, 0.2) is 72.8 Å². The normalized spacial score (nSPS) is 10.3. The van der Waals surface area contributed by atoms with Gasteiger partial charge >= 0.3 is 0 Å². The van der Waals surface area contributed by atoms with Crippen molar-refractivity contribution in [3.8, 4) is 22.6 Å². The Kier molecular flexibility index (Phi) is 6.64. The van der Waals surface area contributed by atoms with Gasteiger partial charge in [0.25, 0.3) is 11.6 Å². The number of benzene rings is 3. The topological polar surface area (TPSA) is 81.9 Å². The monoisotopic (exact) mass is 406 g/mol. The van der Waals surface area contributed by atoms with Crippen molar-refractivity contribution in [1.82, 2.24) is 4.90 Å². The fourth-order valence-corrected chi connectivity index (χ4v) is 2.95. The summed E-state index contributed by atoms with van der Waals surface area (Å²) in [6.45, 7) is 0.291. The molecule has 0 bridgehead atoms. The number of carbonyl (C=O) groups excluding carboxylic acids is 1. The number of carbonyl (C=O) groups is 1. The molecule has 154 valence electrons. The van der Waals surface area contributed by atoms with Crippen LogP contribution < -0.4 is 9.47 Å². The first-order valence-corrected chi connectivity index (χ1v) is 9.31. The Morgan fingerprint density at radius 2 is 1.73 bits per heavy atom. The van der Waals surface area contributed by atoms with Crippen LogP contribution in [-0.2, 0) is 11.3 Å². The van der Waals surface area contributed by atoms with Crippen molar-refractivity contribution in [3.05, 3.63) is 88.5 Å². The Labute approximate surface area is 174 Å². The molecule has 0 aliphatic heterocycles. The molecule has 0 fully saturated rings. The quantitative estimate of drug-likeness (QED) is 0.411. The zero-order valence-corrected chi connectivity index (χ0v) is 16.8. The average molecular weight is 406 g/mol. The number of methoxy groups -OCH3 is 1. The number of hydrogen-bond acceptors (Lipinski definition) is 5. The van der Waals surface area contributed by atoms with Crippen LogP contribution >= 0.6 is 0 Å². The number of amides is 1. The first kappa shape index (κ1) is 20.9. The van der Waals surface area contributed by atoms with E-state index in [0.717, 1.165) is 11.1 Å². The maximum Gasteiger partial charge on any atom is 0.270 e. The highest BCUT2D eigenvalue weighted by Gasteiger charge is 2.16. The smallest absolute Gasteiger partial charge is 0.270 e. The number of non-ortho nitro benzene ring substituents is 1. The Balaban J connectivity index is 1.77. The molecule has 0 spiro atoms. The summed E-state index contributed by atoms with van der Waals surface area (Å²) in [5.74, 6) is 0.870. The second-order valence-electron chi connectivity index (χ2n) is 6.69. The van der Waals surface area contributed by atoms with E-state index in [1.54, 1.807) is 43.3 Å². The van der Waals surface area contributed by atoms with Gasteiger partial charge in [-0.05, 0) is 29.3 Å². The third-order valence-corrected chi connectivity index (χ3v) is 4.61. The van der Waals surface area contributed by atoms with E-state index in [1.807, 2.05) is 30.3 Å². The molecule has 0 heterocycles. The number of nitro groups is 1. The van der Waals surface area contributed by atoms with Gasteiger partial charge in [0.1, 0.15) is 11.5 Å². The maximum absolute atomic E-state index is 12.5. The molecule has 7 nitrogen and oxygen atoms in total. The first-order valence-electron chi connectivity index (χ1n) is 9.31. The zero-order chi connectivity index (χ0) is 21.5. The molecule has 0 aliphatic carbocycles. The van der Waals surface area contributed by atoms with Crippen LogP contribution in [0.1, 0.15) is 5.56 Å². The van der Waals surface area contributed by atoms with Gasteiger partial charge < -0.3 is 14.4 Å². The van der Waals surface area contributed by atoms with Gasteiger partial charge in [-0.1, -0.05) is 42.5 Å². The van der Waals surface area contributed by atoms with Crippen LogP contribution in [-0.4, -0.2) is 36.5 Å². The summed E-state index contributed by atoms with van der Waals surface area (Å²) in [6, 6.07) is 21.1. The summed E-state index contributed by atoms with van der Waals surface area (Å²) in [5, 5.41) is 11.2. The van der Waals surface area contributed by atoms with Crippen molar-refractivity contribution in [2.75, 3.05) is 20.8 Å². The van der Waals surface area contributed by atoms with Gasteiger partial charge in [0, 0.05) is 31.3 Å². The highest BCUT2D eigenvalue weighted by atomic mass is 16.6. The molecule has 30 heavy (non-hydrogen) atoms. The van der Waals surface area contributed by atoms with Crippen molar-refractivity contribution < 1.29 is 19.2 Å². The van der Waals surface area contributed by atoms with Crippen molar-refractivity contribution in [2.45, 2.75) is 6.54 Å². The van der Waals surface area contributed by atoms with Crippen LogP contribution in [0.2, 0.25) is 0 Å². The van der Waals surface area contributed by atoms with Crippen molar-refractivity contribution in [2.24, 2.45) is 0 Å². The standard InChI is InChI=1S/C23H22N2O5/c1-24(15-17-6-4-3-5-7-17)23(26)16-30-22-13-10-19(25(27)28)14-21(22)18-8-11-20(29-2)12-9-18/h3-14H,15-16H2,1-2H3. The van der Waals surface area contributed by atoms with Crippen LogP contribution in [0, 0.1) is 10.1 Å². The van der Waals surface area contributed by atoms with Gasteiger partial charge in [-0.2, -0.15) is 0 Å². The molecule has 7 heteroatoms. The minimum atomic E-state index is -0.463. The molecule has 3 rings (SSSR count). The fraction of sp³-hybridized carbons (Fsp3) is 0.174. The van der Waals surface area contributed by atoms with Crippen LogP contribution in [0.4, 0.5) is 5.69 Å². The molecule has 0 aliphatic rings. The van der Waals surface area contributed by atoms with E-state index in [1.165, 1.54) is 18.2 Å². The number of likely N-dealkylation sites (N-methyl/N-ethyl adjacent to an activating group) is 1. The highest BCUT2D eigenvalue weighted by molar-refractivity contribution is 5.78. The molecule has 1 amide bonds. The van der Waals surface area contributed by atoms with Gasteiger partial charge in [-0.15, -0.1) is 0 Å². The predicted octanol–water partition coefficient (Wildman–Crippen LogP) is 4.31. The van der Waals surface area contributed by atoms with Gasteiger partial charge in [-0.25, -0.2) is 0 Å². The highest BCUT2D eigenvalue weighted by Crippen LogP contribution is 2.34. The lowest BCUT2D eigenvalue weighted by Crippen LogP contribution is -2.31. The first-order chi connectivity index (χ1) is 14.5. The van der Waals surface area contributed by atoms with E-state index in [9.17, 15) is 14.9 Å². The third-order valence-electron chi connectivity index (χ3n) is 4.61. The van der Waals surface area contributed by atoms with Crippen LogP contribution in [0.25, 0.3) is 11.1 Å². The number of rotatable bonds is 8. The van der Waals surface area contributed by atoms with E-state index < -0.39 is 4.92 Å². The maximum atomic E-state index is 12.5. The lowest BCUT2D eigenvalue weighted by molar-refractivity contribution is -0.384. The number of nitrogens with zero attached hydrogens (tertiary/aromatic N) is 2. The SMILES string of the molecule is COc1ccc(-c2cc([N+](=O)[O-])ccc2OCC(=O)N(C)Cc2ccccc2)cc1. The minimum absolute atomic E-state index is 0.0549. The molecule has 0 unspecified atom stereocenters. The summed E-state index contributed by atoms with van der Waals surface area (Å²) in [4.78, 5) is 24.8. The molecule has 0 saturated heterocycles. The number of ether oxygens (including phenoxy) is 2. The average Bonchev–Trinajstić information content (AvgIpc) is 2.78. The third kappa shape index (κ3) is 5.14. The predicted molar refractivity (Wildman–Crippen MR) is 113 cm³/mol. The van der Waals surface area contributed by atoms with E-state index in [-0.39, 0.29) is 18.2 Å². The fourth-order valence-electron chi connectivity index (χ4n) is 2.95. The van der Waals surface area contributed by atoms with E-state index in [0.29, 0.717) is 23.6 Å². The van der Waals surface area contributed by atoms with Crippen molar-refractivity contribution >= 4 is 11.6 Å². The summed E-state index contributed by atoms with van der Waals surface area (Å²) in [6.07, 6.45) is 0. The Morgan fingerprint density at radius 1 is 1.03 bits per heavy atom. The van der Waals surface area contributed by atoms with E-state index in [2.05, 4.69) is 0 Å². The summed E-state index contributed by atoms with van der Waals surface area (Å²) in [7, 11) is 3.27. The van der Waals surface area contributed by atoms with Crippen LogP contribution in [0.5, 0.6) is 11.5 Å². The molecular formula is C23H22N2O5. The van der Waals surface area contributed by atoms with Crippen molar-refractivity contribution in [3.63, 3.8) is 0 Å². The van der Waals surface area contributed by atoms with Gasteiger partial charge in [0.15, 0.2) is 6.61 Å². The molecule has 0 N–H and O–H groups in total. The van der Waals surface area contributed by atoms with Gasteiger partial charge in [0.2, 0.25) is 0 Å². The summed E-state index contributed by atoms with van der Waals surface area (Å²) < 4.78 is 10.9. The number of nitro benzene ring substituents is 1. The lowest BCUT2D eigenvalue weighted by Gasteiger charge is -2.18.